The molecule has 0 bridgehead atoms. The Hall–Kier alpha value is -2.86. The maximum absolute atomic E-state index is 12.8. The molecule has 2 amide bonds. The molecule has 29 heavy (non-hydrogen) atoms. The number of ether oxygens (including phenoxy) is 1. The van der Waals surface area contributed by atoms with Gasteiger partial charge in [0.05, 0.1) is 12.6 Å². The van der Waals surface area contributed by atoms with Gasteiger partial charge in [0.15, 0.2) is 0 Å². The number of carbonyl (C=O) groups is 2. The Morgan fingerprint density at radius 3 is 2.10 bits per heavy atom. The molecule has 0 radical (unpaired) electrons. The molecule has 1 unspecified atom stereocenters. The highest BCUT2D eigenvalue weighted by Gasteiger charge is 2.28. The van der Waals surface area contributed by atoms with Gasteiger partial charge in [-0.2, -0.15) is 0 Å². The standard InChI is InChI=1S/C23H30N2O4/c1-3-17(2)21(25-23(28)29-16-19-12-8-5-9-13-19)22(27)24-20(15-26)14-18-10-6-4-7-11-18/h4-13,17,20-21,26H,3,14-16H2,1-2H3,(H,24,27)(H,25,28)/t17?,20-,21-/m0/s1. The Balaban J connectivity index is 1.94. The lowest BCUT2D eigenvalue weighted by atomic mass is 9.97. The van der Waals surface area contributed by atoms with Crippen LogP contribution in [0.25, 0.3) is 0 Å². The molecular formula is C23H30N2O4. The predicted octanol–water partition coefficient (Wildman–Crippen LogP) is 3.05. The summed E-state index contributed by atoms with van der Waals surface area (Å²) in [7, 11) is 0. The van der Waals surface area contributed by atoms with Crippen molar-refractivity contribution in [3.05, 3.63) is 71.8 Å². The van der Waals surface area contributed by atoms with Crippen LogP contribution >= 0.6 is 0 Å². The van der Waals surface area contributed by atoms with E-state index >= 15 is 0 Å². The Labute approximate surface area is 172 Å². The normalized spacial score (nSPS) is 13.8. The van der Waals surface area contributed by atoms with Crippen LogP contribution < -0.4 is 10.6 Å². The van der Waals surface area contributed by atoms with Gasteiger partial charge in [-0.25, -0.2) is 4.79 Å². The van der Waals surface area contributed by atoms with Crippen molar-refractivity contribution in [3.8, 4) is 0 Å². The molecule has 0 aromatic heterocycles. The number of aliphatic hydroxyl groups is 1. The van der Waals surface area contributed by atoms with Crippen molar-refractivity contribution in [2.75, 3.05) is 6.61 Å². The van der Waals surface area contributed by atoms with Gasteiger partial charge in [0.2, 0.25) is 5.91 Å². The summed E-state index contributed by atoms with van der Waals surface area (Å²) in [5, 5.41) is 15.2. The van der Waals surface area contributed by atoms with E-state index in [1.165, 1.54) is 0 Å². The highest BCUT2D eigenvalue weighted by molar-refractivity contribution is 5.86. The molecule has 0 aliphatic heterocycles. The molecule has 0 fully saturated rings. The van der Waals surface area contributed by atoms with Gasteiger partial charge in [0.1, 0.15) is 12.6 Å². The zero-order chi connectivity index (χ0) is 21.1. The monoisotopic (exact) mass is 398 g/mol. The van der Waals surface area contributed by atoms with E-state index < -0.39 is 18.2 Å². The molecule has 3 atom stereocenters. The molecule has 6 nitrogen and oxygen atoms in total. The van der Waals surface area contributed by atoms with Crippen LogP contribution in [0.4, 0.5) is 4.79 Å². The molecule has 0 saturated carbocycles. The second kappa shape index (κ2) is 11.9. The van der Waals surface area contributed by atoms with Gasteiger partial charge in [0, 0.05) is 0 Å². The number of hydrogen-bond acceptors (Lipinski definition) is 4. The molecule has 156 valence electrons. The molecule has 0 heterocycles. The first-order valence-electron chi connectivity index (χ1n) is 9.95. The van der Waals surface area contributed by atoms with E-state index in [0.717, 1.165) is 11.1 Å². The van der Waals surface area contributed by atoms with Gasteiger partial charge in [-0.15, -0.1) is 0 Å². The number of hydrogen-bond donors (Lipinski definition) is 3. The number of alkyl carbamates (subject to hydrolysis) is 1. The second-order valence-corrected chi connectivity index (χ2v) is 7.15. The molecule has 0 aliphatic rings. The molecule has 2 aromatic rings. The van der Waals surface area contributed by atoms with Crippen LogP contribution in [0.2, 0.25) is 0 Å². The summed E-state index contributed by atoms with van der Waals surface area (Å²) in [4.78, 5) is 25.1. The van der Waals surface area contributed by atoms with E-state index in [2.05, 4.69) is 10.6 Å². The molecular weight excluding hydrogens is 368 g/mol. The minimum absolute atomic E-state index is 0.0876. The third-order valence-electron chi connectivity index (χ3n) is 4.87. The largest absolute Gasteiger partial charge is 0.445 e. The Bertz CT molecular complexity index is 752. The average Bonchev–Trinajstić information content (AvgIpc) is 2.76. The molecule has 6 heteroatoms. The molecule has 2 rings (SSSR count). The van der Waals surface area contributed by atoms with Crippen LogP contribution in [-0.2, 0) is 22.6 Å². The van der Waals surface area contributed by atoms with Crippen LogP contribution in [0.3, 0.4) is 0 Å². The summed E-state index contributed by atoms with van der Waals surface area (Å²) in [5.41, 5.74) is 1.89. The molecule has 0 spiro atoms. The number of rotatable bonds is 10. The van der Waals surface area contributed by atoms with Crippen molar-refractivity contribution in [1.82, 2.24) is 10.6 Å². The number of benzene rings is 2. The van der Waals surface area contributed by atoms with Gasteiger partial charge in [0.25, 0.3) is 0 Å². The number of nitrogens with one attached hydrogen (secondary N) is 2. The van der Waals surface area contributed by atoms with Crippen molar-refractivity contribution >= 4 is 12.0 Å². The summed E-state index contributed by atoms with van der Waals surface area (Å²) in [6, 6.07) is 17.8. The molecule has 0 saturated heterocycles. The summed E-state index contributed by atoms with van der Waals surface area (Å²) >= 11 is 0. The minimum Gasteiger partial charge on any atom is -0.445 e. The van der Waals surface area contributed by atoms with Crippen LogP contribution in [-0.4, -0.2) is 35.8 Å². The first kappa shape index (κ1) is 22.4. The molecule has 3 N–H and O–H groups in total. The average molecular weight is 399 g/mol. The number of carbonyl (C=O) groups excluding carboxylic acids is 2. The fraction of sp³-hybridized carbons (Fsp3) is 0.391. The van der Waals surface area contributed by atoms with Gasteiger partial charge >= 0.3 is 6.09 Å². The second-order valence-electron chi connectivity index (χ2n) is 7.15. The number of amides is 2. The van der Waals surface area contributed by atoms with Crippen LogP contribution in [0, 0.1) is 5.92 Å². The summed E-state index contributed by atoms with van der Waals surface area (Å²) in [6.07, 6.45) is 0.576. The van der Waals surface area contributed by atoms with Crippen LogP contribution in [0.15, 0.2) is 60.7 Å². The lowest BCUT2D eigenvalue weighted by molar-refractivity contribution is -0.125. The van der Waals surface area contributed by atoms with Gasteiger partial charge in [-0.3, -0.25) is 4.79 Å². The lowest BCUT2D eigenvalue weighted by Gasteiger charge is -2.26. The Morgan fingerprint density at radius 2 is 1.55 bits per heavy atom. The van der Waals surface area contributed by atoms with Crippen molar-refractivity contribution in [3.63, 3.8) is 0 Å². The third-order valence-corrected chi connectivity index (χ3v) is 4.87. The first-order chi connectivity index (χ1) is 14.0. The van der Waals surface area contributed by atoms with Gasteiger partial charge in [-0.05, 0) is 23.5 Å². The molecule has 2 aromatic carbocycles. The van der Waals surface area contributed by atoms with Crippen molar-refractivity contribution in [2.45, 2.75) is 45.4 Å². The smallest absolute Gasteiger partial charge is 0.408 e. The first-order valence-corrected chi connectivity index (χ1v) is 9.95. The molecule has 0 aliphatic carbocycles. The third kappa shape index (κ3) is 7.58. The zero-order valence-corrected chi connectivity index (χ0v) is 17.0. The van der Waals surface area contributed by atoms with Crippen LogP contribution in [0.5, 0.6) is 0 Å². The van der Waals surface area contributed by atoms with Crippen LogP contribution in [0.1, 0.15) is 31.4 Å². The van der Waals surface area contributed by atoms with E-state index in [1.54, 1.807) is 0 Å². The maximum Gasteiger partial charge on any atom is 0.408 e. The highest BCUT2D eigenvalue weighted by atomic mass is 16.5. The van der Waals surface area contributed by atoms with E-state index in [9.17, 15) is 14.7 Å². The van der Waals surface area contributed by atoms with E-state index in [0.29, 0.717) is 12.8 Å². The SMILES string of the molecule is CCC(C)[C@H](NC(=O)OCc1ccccc1)C(=O)N[C@H](CO)Cc1ccccc1. The predicted molar refractivity (Wildman–Crippen MR) is 112 cm³/mol. The topological polar surface area (TPSA) is 87.7 Å². The lowest BCUT2D eigenvalue weighted by Crippen LogP contribution is -2.53. The van der Waals surface area contributed by atoms with E-state index in [1.807, 2.05) is 74.5 Å². The van der Waals surface area contributed by atoms with E-state index in [-0.39, 0.29) is 25.0 Å². The van der Waals surface area contributed by atoms with Crippen molar-refractivity contribution in [2.24, 2.45) is 5.92 Å². The van der Waals surface area contributed by atoms with Gasteiger partial charge < -0.3 is 20.5 Å². The summed E-state index contributed by atoms with van der Waals surface area (Å²) < 4.78 is 5.25. The quantitative estimate of drug-likeness (QED) is 0.574. The maximum atomic E-state index is 12.8. The fourth-order valence-corrected chi connectivity index (χ4v) is 2.94. The fourth-order valence-electron chi connectivity index (χ4n) is 2.94. The zero-order valence-electron chi connectivity index (χ0n) is 17.0. The minimum atomic E-state index is -0.743. The Morgan fingerprint density at radius 1 is 0.966 bits per heavy atom. The number of aliphatic hydroxyl groups excluding tert-OH is 1. The summed E-state index contributed by atoms with van der Waals surface area (Å²) in [6.45, 7) is 3.80. The van der Waals surface area contributed by atoms with Crippen molar-refractivity contribution in [1.29, 1.82) is 0 Å². The van der Waals surface area contributed by atoms with Gasteiger partial charge in [-0.1, -0.05) is 80.9 Å². The summed E-state index contributed by atoms with van der Waals surface area (Å²) in [5.74, 6) is -0.415. The van der Waals surface area contributed by atoms with E-state index in [4.69, 9.17) is 4.74 Å². The Kier molecular flexibility index (Phi) is 9.18. The highest BCUT2D eigenvalue weighted by Crippen LogP contribution is 2.10. The van der Waals surface area contributed by atoms with Crippen molar-refractivity contribution < 1.29 is 19.4 Å².